The predicted octanol–water partition coefficient (Wildman–Crippen LogP) is 0.396. The van der Waals surface area contributed by atoms with Crippen molar-refractivity contribution in [2.75, 3.05) is 53.6 Å². The molecule has 2 fully saturated rings. The first-order valence-electron chi connectivity index (χ1n) is 7.89. The number of hydrogen-bond donors (Lipinski definition) is 0. The SMILES string of the molecule is COC[C@H]1CC[C@H](COC)N1C(=O)N1CCN(C(C)=O)CC1. The summed E-state index contributed by atoms with van der Waals surface area (Å²) in [4.78, 5) is 29.8. The van der Waals surface area contributed by atoms with E-state index in [0.29, 0.717) is 39.4 Å². The minimum atomic E-state index is 0.0461. The first-order valence-corrected chi connectivity index (χ1v) is 7.89. The Balaban J connectivity index is 2.00. The molecular weight excluding hydrogens is 286 g/mol. The summed E-state index contributed by atoms with van der Waals surface area (Å²) in [5, 5.41) is 0. The van der Waals surface area contributed by atoms with Crippen molar-refractivity contribution in [3.63, 3.8) is 0 Å². The van der Waals surface area contributed by atoms with Crippen LogP contribution >= 0.6 is 0 Å². The summed E-state index contributed by atoms with van der Waals surface area (Å²) in [6, 6.07) is 0.275. The molecule has 0 unspecified atom stereocenters. The third kappa shape index (κ3) is 3.70. The van der Waals surface area contributed by atoms with Crippen LogP contribution in [-0.2, 0) is 14.3 Å². The van der Waals surface area contributed by atoms with Gasteiger partial charge in [-0.25, -0.2) is 4.79 Å². The Morgan fingerprint density at radius 2 is 1.36 bits per heavy atom. The van der Waals surface area contributed by atoms with E-state index in [9.17, 15) is 9.59 Å². The molecule has 0 radical (unpaired) electrons. The molecule has 0 N–H and O–H groups in total. The van der Waals surface area contributed by atoms with Crippen LogP contribution in [0, 0.1) is 0 Å². The summed E-state index contributed by atoms with van der Waals surface area (Å²) in [5.74, 6) is 0.0720. The van der Waals surface area contributed by atoms with E-state index in [1.165, 1.54) is 0 Å². The van der Waals surface area contributed by atoms with Gasteiger partial charge in [0.15, 0.2) is 0 Å². The highest BCUT2D eigenvalue weighted by Crippen LogP contribution is 2.26. The number of rotatable bonds is 4. The van der Waals surface area contributed by atoms with Crippen molar-refractivity contribution in [1.82, 2.24) is 14.7 Å². The summed E-state index contributed by atoms with van der Waals surface area (Å²) >= 11 is 0. The van der Waals surface area contributed by atoms with Gasteiger partial charge in [-0.15, -0.1) is 0 Å². The van der Waals surface area contributed by atoms with Gasteiger partial charge in [0.25, 0.3) is 0 Å². The van der Waals surface area contributed by atoms with Crippen LogP contribution in [0.4, 0.5) is 4.79 Å². The molecule has 0 saturated carbocycles. The molecule has 2 atom stereocenters. The minimum Gasteiger partial charge on any atom is -0.383 e. The summed E-state index contributed by atoms with van der Waals surface area (Å²) in [6.45, 7) is 5.08. The van der Waals surface area contributed by atoms with Crippen LogP contribution in [0.25, 0.3) is 0 Å². The van der Waals surface area contributed by atoms with Gasteiger partial charge in [-0.2, -0.15) is 0 Å². The van der Waals surface area contributed by atoms with Gasteiger partial charge in [0.05, 0.1) is 25.3 Å². The van der Waals surface area contributed by atoms with Gasteiger partial charge in [0.2, 0.25) is 5.91 Å². The van der Waals surface area contributed by atoms with E-state index >= 15 is 0 Å². The maximum absolute atomic E-state index is 12.9. The van der Waals surface area contributed by atoms with E-state index in [1.54, 1.807) is 26.0 Å². The lowest BCUT2D eigenvalue weighted by Crippen LogP contribution is -2.57. The van der Waals surface area contributed by atoms with Gasteiger partial charge < -0.3 is 24.2 Å². The van der Waals surface area contributed by atoms with E-state index in [0.717, 1.165) is 12.8 Å². The lowest BCUT2D eigenvalue weighted by molar-refractivity contribution is -0.130. The minimum absolute atomic E-state index is 0.0461. The number of methoxy groups -OCH3 is 2. The molecule has 2 saturated heterocycles. The largest absolute Gasteiger partial charge is 0.383 e. The fourth-order valence-electron chi connectivity index (χ4n) is 3.36. The first kappa shape index (κ1) is 17.0. The number of carbonyl (C=O) groups excluding carboxylic acids is 2. The lowest BCUT2D eigenvalue weighted by Gasteiger charge is -2.39. The number of carbonyl (C=O) groups is 2. The standard InChI is InChI=1S/C15H27N3O4/c1-12(19)16-6-8-17(9-7-16)15(20)18-13(10-21-2)4-5-14(18)11-22-3/h13-14H,4-11H2,1-3H3/t13-,14-/m1/s1. The summed E-state index contributed by atoms with van der Waals surface area (Å²) < 4.78 is 10.5. The van der Waals surface area contributed by atoms with E-state index in [1.807, 2.05) is 9.80 Å². The molecule has 2 rings (SSSR count). The molecule has 22 heavy (non-hydrogen) atoms. The Kier molecular flexibility index (Phi) is 6.02. The number of nitrogens with zero attached hydrogens (tertiary/aromatic N) is 3. The van der Waals surface area contributed by atoms with Crippen molar-refractivity contribution in [3.05, 3.63) is 0 Å². The van der Waals surface area contributed by atoms with Crippen molar-refractivity contribution >= 4 is 11.9 Å². The van der Waals surface area contributed by atoms with Crippen LogP contribution in [0.3, 0.4) is 0 Å². The number of ether oxygens (including phenoxy) is 2. The molecule has 0 aromatic carbocycles. The molecular formula is C15H27N3O4. The zero-order valence-electron chi connectivity index (χ0n) is 13.8. The van der Waals surface area contributed by atoms with Crippen LogP contribution in [0.2, 0.25) is 0 Å². The summed E-state index contributed by atoms with van der Waals surface area (Å²) in [5.41, 5.74) is 0. The van der Waals surface area contributed by atoms with Crippen LogP contribution in [0.5, 0.6) is 0 Å². The van der Waals surface area contributed by atoms with Crippen LogP contribution in [0.1, 0.15) is 19.8 Å². The van der Waals surface area contributed by atoms with E-state index in [2.05, 4.69) is 0 Å². The van der Waals surface area contributed by atoms with E-state index < -0.39 is 0 Å². The second-order valence-electron chi connectivity index (χ2n) is 5.98. The Labute approximate surface area is 132 Å². The molecule has 0 aromatic rings. The average molecular weight is 313 g/mol. The maximum atomic E-state index is 12.9. The van der Waals surface area contributed by atoms with Crippen molar-refractivity contribution in [2.24, 2.45) is 0 Å². The second-order valence-corrected chi connectivity index (χ2v) is 5.98. The smallest absolute Gasteiger partial charge is 0.320 e. The van der Waals surface area contributed by atoms with E-state index in [-0.39, 0.29) is 24.0 Å². The zero-order valence-corrected chi connectivity index (χ0v) is 13.8. The predicted molar refractivity (Wildman–Crippen MR) is 81.6 cm³/mol. The topological polar surface area (TPSA) is 62.3 Å². The molecule has 2 aliphatic heterocycles. The monoisotopic (exact) mass is 313 g/mol. The molecule has 0 aromatic heterocycles. The molecule has 0 spiro atoms. The molecule has 7 nitrogen and oxygen atoms in total. The van der Waals surface area contributed by atoms with Crippen molar-refractivity contribution in [1.29, 1.82) is 0 Å². The first-order chi connectivity index (χ1) is 10.6. The highest BCUT2D eigenvalue weighted by molar-refractivity contribution is 5.77. The molecule has 3 amide bonds. The molecule has 126 valence electrons. The summed E-state index contributed by atoms with van der Waals surface area (Å²) in [6.07, 6.45) is 1.89. The van der Waals surface area contributed by atoms with Crippen molar-refractivity contribution < 1.29 is 19.1 Å². The van der Waals surface area contributed by atoms with Crippen LogP contribution < -0.4 is 0 Å². The van der Waals surface area contributed by atoms with Gasteiger partial charge in [-0.1, -0.05) is 0 Å². The number of piperazine rings is 1. The number of amides is 3. The Morgan fingerprint density at radius 3 is 1.77 bits per heavy atom. The van der Waals surface area contributed by atoms with Crippen molar-refractivity contribution in [3.8, 4) is 0 Å². The Hall–Kier alpha value is -1.34. The molecule has 2 heterocycles. The fraction of sp³-hybridized carbons (Fsp3) is 0.867. The van der Waals surface area contributed by atoms with Gasteiger partial charge in [-0.3, -0.25) is 4.79 Å². The average Bonchev–Trinajstić information content (AvgIpc) is 2.90. The van der Waals surface area contributed by atoms with Gasteiger partial charge in [-0.05, 0) is 12.8 Å². The highest BCUT2D eigenvalue weighted by Gasteiger charge is 2.39. The number of likely N-dealkylation sites (tertiary alicyclic amines) is 1. The fourth-order valence-corrected chi connectivity index (χ4v) is 3.36. The normalized spacial score (nSPS) is 25.7. The molecule has 0 bridgehead atoms. The van der Waals surface area contributed by atoms with Crippen LogP contribution in [-0.4, -0.2) is 92.3 Å². The van der Waals surface area contributed by atoms with Crippen LogP contribution in [0.15, 0.2) is 0 Å². The second kappa shape index (κ2) is 7.78. The molecule has 2 aliphatic rings. The maximum Gasteiger partial charge on any atom is 0.320 e. The lowest BCUT2D eigenvalue weighted by atomic mass is 10.2. The van der Waals surface area contributed by atoms with Gasteiger partial charge in [0.1, 0.15) is 0 Å². The highest BCUT2D eigenvalue weighted by atomic mass is 16.5. The Morgan fingerprint density at radius 1 is 0.909 bits per heavy atom. The third-order valence-electron chi connectivity index (χ3n) is 4.55. The quantitative estimate of drug-likeness (QED) is 0.753. The summed E-state index contributed by atoms with van der Waals surface area (Å²) in [7, 11) is 3.33. The van der Waals surface area contributed by atoms with Gasteiger partial charge in [0, 0.05) is 47.3 Å². The van der Waals surface area contributed by atoms with Crippen molar-refractivity contribution in [2.45, 2.75) is 31.8 Å². The Bertz CT molecular complexity index is 382. The number of urea groups is 1. The third-order valence-corrected chi connectivity index (χ3v) is 4.55. The van der Waals surface area contributed by atoms with E-state index in [4.69, 9.17) is 9.47 Å². The zero-order chi connectivity index (χ0) is 16.1. The number of hydrogen-bond acceptors (Lipinski definition) is 4. The molecule has 0 aliphatic carbocycles. The van der Waals surface area contributed by atoms with Gasteiger partial charge >= 0.3 is 6.03 Å². The molecule has 7 heteroatoms.